The van der Waals surface area contributed by atoms with Gasteiger partial charge in [-0.2, -0.15) is 5.10 Å². The highest BCUT2D eigenvalue weighted by molar-refractivity contribution is 6.35. The Balaban J connectivity index is 0.000000185. The summed E-state index contributed by atoms with van der Waals surface area (Å²) in [5.74, 6) is 1.87. The van der Waals surface area contributed by atoms with Crippen LogP contribution in [0.25, 0.3) is 0 Å². The Bertz CT molecular complexity index is 842. The van der Waals surface area contributed by atoms with Crippen LogP contribution in [0.4, 0.5) is 11.6 Å². The molecule has 1 fully saturated rings. The van der Waals surface area contributed by atoms with E-state index in [0.717, 1.165) is 5.69 Å². The Labute approximate surface area is 173 Å². The number of H-pyrrole nitrogens is 1. The number of nitrogens with zero attached hydrogens (tertiary/aromatic N) is 5. The van der Waals surface area contributed by atoms with Crippen molar-refractivity contribution in [3.8, 4) is 0 Å². The summed E-state index contributed by atoms with van der Waals surface area (Å²) in [5, 5.41) is 11.1. The van der Waals surface area contributed by atoms with E-state index in [1.807, 2.05) is 6.07 Å². The number of hydrogen-bond donors (Lipinski definition) is 2. The van der Waals surface area contributed by atoms with Gasteiger partial charge in [0.15, 0.2) is 5.82 Å². The summed E-state index contributed by atoms with van der Waals surface area (Å²) >= 11 is 27.7. The topological polar surface area (TPSA) is 92.3 Å². The molecule has 136 valence electrons. The molecular weight excluding hydrogens is 443 g/mol. The number of nitrogens with one attached hydrogen (secondary N) is 2. The van der Waals surface area contributed by atoms with E-state index >= 15 is 0 Å². The van der Waals surface area contributed by atoms with Crippen LogP contribution in [0, 0.1) is 0 Å². The first-order chi connectivity index (χ1) is 12.4. The average molecular weight is 454 g/mol. The maximum Gasteiger partial charge on any atom is 0.225 e. The molecule has 1 aliphatic carbocycles. The lowest BCUT2D eigenvalue weighted by Gasteiger charge is -2.01. The third kappa shape index (κ3) is 5.82. The maximum atomic E-state index is 5.78. The molecule has 2 N–H and O–H groups in total. The van der Waals surface area contributed by atoms with Crippen LogP contribution >= 0.6 is 58.0 Å². The molecular formula is C14H10Cl5N7. The van der Waals surface area contributed by atoms with Crippen molar-refractivity contribution in [3.63, 3.8) is 0 Å². The lowest BCUT2D eigenvalue weighted by atomic mass is 10.3. The molecule has 0 amide bonds. The highest BCUT2D eigenvalue weighted by atomic mass is 35.5. The van der Waals surface area contributed by atoms with Crippen molar-refractivity contribution in [1.82, 2.24) is 30.1 Å². The van der Waals surface area contributed by atoms with Gasteiger partial charge in [0.1, 0.15) is 21.3 Å². The van der Waals surface area contributed by atoms with E-state index in [1.165, 1.54) is 18.9 Å². The normalized spacial score (nSPS) is 13.1. The minimum Gasteiger partial charge on any atom is -0.323 e. The molecule has 3 aromatic rings. The van der Waals surface area contributed by atoms with Crippen LogP contribution in [0.5, 0.6) is 0 Å². The predicted molar refractivity (Wildman–Crippen MR) is 103 cm³/mol. The van der Waals surface area contributed by atoms with Crippen molar-refractivity contribution in [2.24, 2.45) is 0 Å². The van der Waals surface area contributed by atoms with E-state index in [9.17, 15) is 0 Å². The van der Waals surface area contributed by atoms with E-state index in [1.54, 1.807) is 6.07 Å². The quantitative estimate of drug-likeness (QED) is 0.398. The number of anilines is 2. The summed E-state index contributed by atoms with van der Waals surface area (Å²) in [5.41, 5.74) is 1.15. The molecule has 3 heterocycles. The van der Waals surface area contributed by atoms with Crippen molar-refractivity contribution in [2.75, 3.05) is 5.32 Å². The summed E-state index contributed by atoms with van der Waals surface area (Å²) in [4.78, 5) is 14.9. The zero-order chi connectivity index (χ0) is 18.7. The Morgan fingerprint density at radius 1 is 0.769 bits per heavy atom. The fourth-order valence-corrected chi connectivity index (χ4v) is 3.05. The molecule has 0 saturated heterocycles. The molecule has 7 nitrogen and oxygen atoms in total. The number of hydrogen-bond acceptors (Lipinski definition) is 6. The van der Waals surface area contributed by atoms with E-state index < -0.39 is 0 Å². The molecule has 0 aromatic carbocycles. The molecule has 0 aliphatic heterocycles. The molecule has 0 spiro atoms. The summed E-state index contributed by atoms with van der Waals surface area (Å²) in [7, 11) is 0. The smallest absolute Gasteiger partial charge is 0.225 e. The van der Waals surface area contributed by atoms with Crippen molar-refractivity contribution in [1.29, 1.82) is 0 Å². The monoisotopic (exact) mass is 451 g/mol. The Kier molecular flexibility index (Phi) is 6.37. The fourth-order valence-electron chi connectivity index (χ4n) is 1.95. The highest BCUT2D eigenvalue weighted by Gasteiger charge is 2.25. The van der Waals surface area contributed by atoms with E-state index in [-0.39, 0.29) is 20.9 Å². The number of rotatable bonds is 3. The van der Waals surface area contributed by atoms with Gasteiger partial charge in [-0.25, -0.2) is 19.9 Å². The van der Waals surface area contributed by atoms with Crippen LogP contribution in [-0.4, -0.2) is 30.1 Å². The Hall–Kier alpha value is -1.38. The second-order valence-corrected chi connectivity index (χ2v) is 7.07. The van der Waals surface area contributed by atoms with Gasteiger partial charge >= 0.3 is 0 Å². The average Bonchev–Trinajstić information content (AvgIpc) is 3.26. The fraction of sp³-hybridized carbons (Fsp3) is 0.214. The summed E-state index contributed by atoms with van der Waals surface area (Å²) in [6, 6.07) is 4.98. The van der Waals surface area contributed by atoms with Crippen LogP contribution in [0.2, 0.25) is 26.0 Å². The first kappa shape index (κ1) is 19.4. The van der Waals surface area contributed by atoms with Crippen molar-refractivity contribution in [3.05, 3.63) is 49.9 Å². The summed E-state index contributed by atoms with van der Waals surface area (Å²) in [6.07, 6.45) is 2.46. The van der Waals surface area contributed by atoms with Crippen LogP contribution in [0.15, 0.2) is 18.2 Å². The molecule has 4 rings (SSSR count). The van der Waals surface area contributed by atoms with Gasteiger partial charge in [-0.3, -0.25) is 5.10 Å². The van der Waals surface area contributed by atoms with Gasteiger partial charge in [-0.05, 0) is 36.0 Å². The molecule has 12 heteroatoms. The molecule has 0 radical (unpaired) electrons. The highest BCUT2D eigenvalue weighted by Crippen LogP contribution is 2.39. The zero-order valence-corrected chi connectivity index (χ0v) is 16.6. The summed E-state index contributed by atoms with van der Waals surface area (Å²) in [6.45, 7) is 0. The Morgan fingerprint density at radius 2 is 1.35 bits per heavy atom. The molecule has 1 saturated carbocycles. The van der Waals surface area contributed by atoms with Crippen LogP contribution in [0.3, 0.4) is 0 Å². The van der Waals surface area contributed by atoms with E-state index in [0.29, 0.717) is 22.7 Å². The van der Waals surface area contributed by atoms with Gasteiger partial charge in [-0.15, -0.1) is 0 Å². The molecule has 0 unspecified atom stereocenters. The molecule has 0 atom stereocenters. The minimum atomic E-state index is 0.0625. The van der Waals surface area contributed by atoms with Gasteiger partial charge < -0.3 is 5.32 Å². The van der Waals surface area contributed by atoms with Crippen LogP contribution in [-0.2, 0) is 0 Å². The van der Waals surface area contributed by atoms with E-state index in [4.69, 9.17) is 58.0 Å². The van der Waals surface area contributed by atoms with Crippen LogP contribution < -0.4 is 5.32 Å². The first-order valence-electron chi connectivity index (χ1n) is 7.27. The van der Waals surface area contributed by atoms with Gasteiger partial charge in [0.25, 0.3) is 0 Å². The third-order valence-corrected chi connectivity index (χ3v) is 4.09. The van der Waals surface area contributed by atoms with Crippen molar-refractivity contribution < 1.29 is 0 Å². The second kappa shape index (κ2) is 8.54. The summed E-state index contributed by atoms with van der Waals surface area (Å²) < 4.78 is 0. The molecule has 26 heavy (non-hydrogen) atoms. The molecule has 3 aromatic heterocycles. The minimum absolute atomic E-state index is 0.0625. The van der Waals surface area contributed by atoms with Crippen molar-refractivity contribution >= 4 is 69.6 Å². The lowest BCUT2D eigenvalue weighted by Crippen LogP contribution is -1.95. The van der Waals surface area contributed by atoms with Gasteiger partial charge in [0, 0.05) is 29.8 Å². The van der Waals surface area contributed by atoms with Gasteiger partial charge in [0.2, 0.25) is 10.6 Å². The lowest BCUT2D eigenvalue weighted by molar-refractivity contribution is 0.966. The zero-order valence-electron chi connectivity index (χ0n) is 12.8. The molecule has 1 aliphatic rings. The SMILES string of the molecule is Clc1cc(Cl)nc(Cl)n1.Clc1cc(Nc2cc(C3CC3)[nH]n2)nc(Cl)n1. The van der Waals surface area contributed by atoms with Gasteiger partial charge in [-0.1, -0.05) is 34.8 Å². The predicted octanol–water partition coefficient (Wildman–Crippen LogP) is 5.56. The van der Waals surface area contributed by atoms with E-state index in [2.05, 4.69) is 35.5 Å². The first-order valence-corrected chi connectivity index (χ1v) is 9.16. The van der Waals surface area contributed by atoms with Gasteiger partial charge in [0.05, 0.1) is 0 Å². The number of aromatic nitrogens is 6. The molecule has 0 bridgehead atoms. The Morgan fingerprint density at radius 3 is 1.88 bits per heavy atom. The van der Waals surface area contributed by atoms with Crippen molar-refractivity contribution in [2.45, 2.75) is 18.8 Å². The largest absolute Gasteiger partial charge is 0.323 e. The second-order valence-electron chi connectivity index (χ2n) is 5.24. The maximum absolute atomic E-state index is 5.78. The standard InChI is InChI=1S/C10H9Cl2N5.C4HCl3N2/c11-7-4-8(15-10(12)13-7)14-9-3-6(16-17-9)5-1-2-5;5-2-1-3(6)9-4(7)8-2/h3-5H,1-2H2,(H2,13,14,15,16,17);1H. The number of halogens is 5. The third-order valence-electron chi connectivity index (χ3n) is 3.17. The van der Waals surface area contributed by atoms with Crippen LogP contribution in [0.1, 0.15) is 24.5 Å². The number of aromatic amines is 1.